The van der Waals surface area contributed by atoms with E-state index in [2.05, 4.69) is 33.0 Å². The lowest BCUT2D eigenvalue weighted by molar-refractivity contribution is -0.130. The number of unbranched alkanes of at least 4 members (excludes halogenated alkanes) is 2. The van der Waals surface area contributed by atoms with Gasteiger partial charge in [-0.05, 0) is 39.5 Å². The quantitative estimate of drug-likeness (QED) is 0.627. The summed E-state index contributed by atoms with van der Waals surface area (Å²) in [4.78, 5) is 14.4. The molecule has 4 heteroatoms. The van der Waals surface area contributed by atoms with Crippen LogP contribution in [0.15, 0.2) is 0 Å². The smallest absolute Gasteiger partial charge is 0.241 e. The average Bonchev–Trinajstić information content (AvgIpc) is 2.72. The van der Waals surface area contributed by atoms with Gasteiger partial charge in [-0.15, -0.1) is 0 Å². The Bertz CT molecular complexity index is 282. The summed E-state index contributed by atoms with van der Waals surface area (Å²) in [5.41, 5.74) is 0. The van der Waals surface area contributed by atoms with Gasteiger partial charge in [0.15, 0.2) is 0 Å². The Hall–Kier alpha value is -0.610. The van der Waals surface area contributed by atoms with Gasteiger partial charge < -0.3 is 9.64 Å². The molecule has 1 heterocycles. The van der Waals surface area contributed by atoms with Crippen LogP contribution in [-0.4, -0.2) is 42.3 Å². The van der Waals surface area contributed by atoms with Gasteiger partial charge in [-0.3, -0.25) is 10.1 Å². The maximum atomic E-state index is 12.4. The molecule has 1 aliphatic heterocycles. The zero-order valence-electron chi connectivity index (χ0n) is 13.7. The lowest BCUT2D eigenvalue weighted by Crippen LogP contribution is -2.37. The van der Waals surface area contributed by atoms with E-state index < -0.39 is 0 Å². The van der Waals surface area contributed by atoms with Crippen LogP contribution in [0, 0.1) is 0 Å². The van der Waals surface area contributed by atoms with Crippen molar-refractivity contribution in [2.24, 2.45) is 0 Å². The second-order valence-electron chi connectivity index (χ2n) is 5.94. The van der Waals surface area contributed by atoms with Gasteiger partial charge in [0.1, 0.15) is 0 Å². The molecular formula is C16H32N2O2. The van der Waals surface area contributed by atoms with E-state index in [1.54, 1.807) is 0 Å². The van der Waals surface area contributed by atoms with Crippen molar-refractivity contribution in [2.45, 2.75) is 84.5 Å². The average molecular weight is 284 g/mol. The van der Waals surface area contributed by atoms with Gasteiger partial charge in [0.05, 0.1) is 18.3 Å². The zero-order chi connectivity index (χ0) is 15.0. The lowest BCUT2D eigenvalue weighted by atomic mass is 10.1. The van der Waals surface area contributed by atoms with E-state index >= 15 is 0 Å². The first kappa shape index (κ1) is 17.4. The highest BCUT2D eigenvalue weighted by Crippen LogP contribution is 2.18. The SMILES string of the molecule is CCCCC1NC(CC)N(CCCCOC(C)C)C1=O. The number of hydrogen-bond acceptors (Lipinski definition) is 3. The number of rotatable bonds is 10. The van der Waals surface area contributed by atoms with Crippen LogP contribution in [0.25, 0.3) is 0 Å². The molecule has 0 aliphatic carbocycles. The van der Waals surface area contributed by atoms with Crippen LogP contribution in [0.1, 0.15) is 66.2 Å². The van der Waals surface area contributed by atoms with Crippen molar-refractivity contribution in [1.29, 1.82) is 0 Å². The van der Waals surface area contributed by atoms with E-state index in [-0.39, 0.29) is 12.2 Å². The molecule has 1 rings (SSSR count). The highest BCUT2D eigenvalue weighted by atomic mass is 16.5. The monoisotopic (exact) mass is 284 g/mol. The Labute approximate surface area is 124 Å². The molecule has 2 unspecified atom stereocenters. The first-order valence-electron chi connectivity index (χ1n) is 8.28. The Morgan fingerprint density at radius 2 is 2.00 bits per heavy atom. The van der Waals surface area contributed by atoms with Gasteiger partial charge in [-0.1, -0.05) is 26.7 Å². The second kappa shape index (κ2) is 9.35. The minimum atomic E-state index is 0.0480. The fraction of sp³-hybridized carbons (Fsp3) is 0.938. The molecule has 0 aromatic rings. The number of carbonyl (C=O) groups is 1. The number of ether oxygens (including phenoxy) is 1. The molecule has 1 amide bonds. The Balaban J connectivity index is 2.32. The van der Waals surface area contributed by atoms with Crippen molar-refractivity contribution in [1.82, 2.24) is 10.2 Å². The van der Waals surface area contributed by atoms with Gasteiger partial charge in [0, 0.05) is 13.2 Å². The van der Waals surface area contributed by atoms with Crippen LogP contribution in [0.5, 0.6) is 0 Å². The summed E-state index contributed by atoms with van der Waals surface area (Å²) < 4.78 is 5.54. The van der Waals surface area contributed by atoms with Crippen LogP contribution in [-0.2, 0) is 9.53 Å². The third-order valence-electron chi connectivity index (χ3n) is 3.83. The largest absolute Gasteiger partial charge is 0.379 e. The van der Waals surface area contributed by atoms with Crippen LogP contribution in [0.2, 0.25) is 0 Å². The zero-order valence-corrected chi connectivity index (χ0v) is 13.7. The predicted molar refractivity (Wildman–Crippen MR) is 82.6 cm³/mol. The molecule has 0 radical (unpaired) electrons. The van der Waals surface area contributed by atoms with E-state index in [1.807, 2.05) is 4.90 Å². The summed E-state index contributed by atoms with van der Waals surface area (Å²) in [7, 11) is 0. The summed E-state index contributed by atoms with van der Waals surface area (Å²) in [5.74, 6) is 0.301. The highest BCUT2D eigenvalue weighted by Gasteiger charge is 2.36. The molecule has 4 nitrogen and oxygen atoms in total. The minimum Gasteiger partial charge on any atom is -0.379 e. The molecule has 1 N–H and O–H groups in total. The second-order valence-corrected chi connectivity index (χ2v) is 5.94. The number of hydrogen-bond donors (Lipinski definition) is 1. The van der Waals surface area contributed by atoms with E-state index in [1.165, 1.54) is 0 Å². The number of amides is 1. The van der Waals surface area contributed by atoms with Gasteiger partial charge in [-0.2, -0.15) is 0 Å². The van der Waals surface area contributed by atoms with Crippen LogP contribution < -0.4 is 5.32 Å². The standard InChI is InChI=1S/C16H32N2O2/c1-5-7-10-14-16(19)18(15(6-2)17-14)11-8-9-12-20-13(3)4/h13-15,17H,5-12H2,1-4H3. The lowest BCUT2D eigenvalue weighted by Gasteiger charge is -2.23. The van der Waals surface area contributed by atoms with Crippen molar-refractivity contribution in [3.05, 3.63) is 0 Å². The molecule has 0 bridgehead atoms. The normalized spacial score (nSPS) is 23.1. The molecular weight excluding hydrogens is 252 g/mol. The summed E-state index contributed by atoms with van der Waals surface area (Å²) in [6.07, 6.45) is 6.80. The fourth-order valence-corrected chi connectivity index (χ4v) is 2.67. The van der Waals surface area contributed by atoms with Gasteiger partial charge >= 0.3 is 0 Å². The number of nitrogens with one attached hydrogen (secondary N) is 1. The Kier molecular flexibility index (Phi) is 8.15. The van der Waals surface area contributed by atoms with E-state index in [0.717, 1.165) is 51.7 Å². The van der Waals surface area contributed by atoms with Crippen LogP contribution in [0.4, 0.5) is 0 Å². The van der Waals surface area contributed by atoms with Crippen molar-refractivity contribution >= 4 is 5.91 Å². The fourth-order valence-electron chi connectivity index (χ4n) is 2.67. The van der Waals surface area contributed by atoms with E-state index in [4.69, 9.17) is 4.74 Å². The molecule has 0 spiro atoms. The number of nitrogens with zero attached hydrogens (tertiary/aromatic N) is 1. The molecule has 0 saturated carbocycles. The maximum absolute atomic E-state index is 12.4. The van der Waals surface area contributed by atoms with E-state index in [9.17, 15) is 4.79 Å². The van der Waals surface area contributed by atoms with Crippen LogP contribution in [0.3, 0.4) is 0 Å². The molecule has 1 aliphatic rings. The molecule has 2 atom stereocenters. The Morgan fingerprint density at radius 1 is 1.25 bits per heavy atom. The Morgan fingerprint density at radius 3 is 2.60 bits per heavy atom. The maximum Gasteiger partial charge on any atom is 0.241 e. The topological polar surface area (TPSA) is 41.6 Å². The van der Waals surface area contributed by atoms with Crippen molar-refractivity contribution in [3.8, 4) is 0 Å². The van der Waals surface area contributed by atoms with Crippen molar-refractivity contribution in [2.75, 3.05) is 13.2 Å². The predicted octanol–water partition coefficient (Wildman–Crippen LogP) is 2.92. The summed E-state index contributed by atoms with van der Waals surface area (Å²) in [5, 5.41) is 3.48. The summed E-state index contributed by atoms with van der Waals surface area (Å²) in [6.45, 7) is 10.1. The van der Waals surface area contributed by atoms with Gasteiger partial charge in [-0.25, -0.2) is 0 Å². The molecule has 0 aromatic heterocycles. The third-order valence-corrected chi connectivity index (χ3v) is 3.83. The van der Waals surface area contributed by atoms with Crippen molar-refractivity contribution in [3.63, 3.8) is 0 Å². The van der Waals surface area contributed by atoms with E-state index in [0.29, 0.717) is 12.0 Å². The molecule has 1 fully saturated rings. The first-order valence-corrected chi connectivity index (χ1v) is 8.28. The van der Waals surface area contributed by atoms with Gasteiger partial charge in [0.2, 0.25) is 5.91 Å². The minimum absolute atomic E-state index is 0.0480. The third kappa shape index (κ3) is 5.41. The molecule has 0 aromatic carbocycles. The molecule has 20 heavy (non-hydrogen) atoms. The number of carbonyl (C=O) groups excluding carboxylic acids is 1. The van der Waals surface area contributed by atoms with Gasteiger partial charge in [0.25, 0.3) is 0 Å². The molecule has 1 saturated heterocycles. The van der Waals surface area contributed by atoms with Crippen molar-refractivity contribution < 1.29 is 9.53 Å². The van der Waals surface area contributed by atoms with Crippen LogP contribution >= 0.6 is 0 Å². The highest BCUT2D eigenvalue weighted by molar-refractivity contribution is 5.84. The summed E-state index contributed by atoms with van der Waals surface area (Å²) >= 11 is 0. The molecule has 118 valence electrons. The first-order chi connectivity index (χ1) is 9.60. The summed E-state index contributed by atoms with van der Waals surface area (Å²) in [6, 6.07) is 0.0480.